The summed E-state index contributed by atoms with van der Waals surface area (Å²) in [7, 11) is 1.63. The molecule has 2 atom stereocenters. The van der Waals surface area contributed by atoms with Crippen LogP contribution in [0.15, 0.2) is 41.8 Å². The van der Waals surface area contributed by atoms with E-state index in [1.165, 1.54) is 4.88 Å². The molecule has 4 heteroatoms. The summed E-state index contributed by atoms with van der Waals surface area (Å²) in [5.41, 5.74) is 0.866. The van der Waals surface area contributed by atoms with Gasteiger partial charge in [0.15, 0.2) is 0 Å². The molecule has 0 saturated carbocycles. The van der Waals surface area contributed by atoms with Crippen molar-refractivity contribution in [1.82, 2.24) is 5.32 Å². The molecule has 19 heavy (non-hydrogen) atoms. The van der Waals surface area contributed by atoms with E-state index in [4.69, 9.17) is 4.74 Å². The molecule has 0 spiro atoms. The smallest absolute Gasteiger partial charge is 0.119 e. The molecule has 0 aliphatic carbocycles. The van der Waals surface area contributed by atoms with Crippen LogP contribution in [0, 0.1) is 0 Å². The Kier molecular flexibility index (Phi) is 4.96. The molecule has 0 bridgehead atoms. The van der Waals surface area contributed by atoms with Gasteiger partial charge < -0.3 is 15.2 Å². The predicted octanol–water partition coefficient (Wildman–Crippen LogP) is 3.14. The summed E-state index contributed by atoms with van der Waals surface area (Å²) in [5, 5.41) is 15.6. The Morgan fingerprint density at radius 1 is 1.32 bits per heavy atom. The minimum Gasteiger partial charge on any atom is -0.497 e. The van der Waals surface area contributed by atoms with Crippen molar-refractivity contribution < 1.29 is 9.84 Å². The van der Waals surface area contributed by atoms with Crippen molar-refractivity contribution in [3.63, 3.8) is 0 Å². The second kappa shape index (κ2) is 6.70. The lowest BCUT2D eigenvalue weighted by molar-refractivity contribution is 0.170. The first-order valence-corrected chi connectivity index (χ1v) is 7.17. The molecule has 0 saturated heterocycles. The van der Waals surface area contributed by atoms with Gasteiger partial charge in [-0.15, -0.1) is 11.3 Å². The third kappa shape index (κ3) is 3.80. The number of aliphatic hydroxyl groups is 1. The first kappa shape index (κ1) is 14.1. The van der Waals surface area contributed by atoms with Gasteiger partial charge >= 0.3 is 0 Å². The van der Waals surface area contributed by atoms with Crippen LogP contribution < -0.4 is 10.1 Å². The molecule has 1 heterocycles. The van der Waals surface area contributed by atoms with Gasteiger partial charge in [-0.2, -0.15) is 0 Å². The van der Waals surface area contributed by atoms with Crippen LogP contribution in [0.2, 0.25) is 0 Å². The molecule has 2 rings (SSSR count). The molecule has 0 aliphatic rings. The zero-order valence-electron chi connectivity index (χ0n) is 11.2. The van der Waals surface area contributed by atoms with Gasteiger partial charge in [-0.25, -0.2) is 0 Å². The first-order valence-electron chi connectivity index (χ1n) is 6.29. The average Bonchev–Trinajstić information content (AvgIpc) is 2.98. The number of aliphatic hydroxyl groups excluding tert-OH is 1. The van der Waals surface area contributed by atoms with E-state index in [0.717, 1.165) is 11.3 Å². The largest absolute Gasteiger partial charge is 0.497 e. The third-order valence-electron chi connectivity index (χ3n) is 3.07. The highest BCUT2D eigenvalue weighted by Crippen LogP contribution is 2.21. The van der Waals surface area contributed by atoms with Gasteiger partial charge in [-0.3, -0.25) is 0 Å². The van der Waals surface area contributed by atoms with Crippen molar-refractivity contribution in [2.75, 3.05) is 13.7 Å². The minimum atomic E-state index is -0.530. The molecule has 2 aromatic rings. The van der Waals surface area contributed by atoms with Gasteiger partial charge in [0, 0.05) is 17.5 Å². The molecule has 0 amide bonds. The summed E-state index contributed by atoms with van der Waals surface area (Å²) in [5.74, 6) is 0.767. The molecular weight excluding hydrogens is 258 g/mol. The summed E-state index contributed by atoms with van der Waals surface area (Å²) in [4.78, 5) is 1.28. The summed E-state index contributed by atoms with van der Waals surface area (Å²) in [6, 6.07) is 11.9. The molecule has 102 valence electrons. The Morgan fingerprint density at radius 2 is 2.16 bits per heavy atom. The highest BCUT2D eigenvalue weighted by atomic mass is 32.1. The van der Waals surface area contributed by atoms with E-state index in [0.29, 0.717) is 6.54 Å². The van der Waals surface area contributed by atoms with Gasteiger partial charge in [0.1, 0.15) is 5.75 Å². The van der Waals surface area contributed by atoms with Crippen LogP contribution in [-0.4, -0.2) is 18.8 Å². The zero-order chi connectivity index (χ0) is 13.7. The molecule has 3 nitrogen and oxygen atoms in total. The average molecular weight is 277 g/mol. The van der Waals surface area contributed by atoms with Crippen molar-refractivity contribution in [1.29, 1.82) is 0 Å². The fourth-order valence-corrected chi connectivity index (χ4v) is 2.65. The lowest BCUT2D eigenvalue weighted by Crippen LogP contribution is -2.24. The number of rotatable bonds is 6. The summed E-state index contributed by atoms with van der Waals surface area (Å²) in [6.45, 7) is 2.62. The second-order valence-corrected chi connectivity index (χ2v) is 5.42. The lowest BCUT2D eigenvalue weighted by Gasteiger charge is -2.17. The van der Waals surface area contributed by atoms with Gasteiger partial charge in [0.2, 0.25) is 0 Å². The van der Waals surface area contributed by atoms with Gasteiger partial charge in [-0.05, 0) is 36.1 Å². The van der Waals surface area contributed by atoms with Crippen molar-refractivity contribution in [2.24, 2.45) is 0 Å². The first-order chi connectivity index (χ1) is 9.20. The number of ether oxygens (including phenoxy) is 1. The third-order valence-corrected chi connectivity index (χ3v) is 4.12. The van der Waals surface area contributed by atoms with Crippen molar-refractivity contribution in [3.05, 3.63) is 52.2 Å². The van der Waals surface area contributed by atoms with Crippen LogP contribution in [0.5, 0.6) is 5.75 Å². The van der Waals surface area contributed by atoms with Crippen LogP contribution in [0.3, 0.4) is 0 Å². The Balaban J connectivity index is 1.91. The highest BCUT2D eigenvalue weighted by Gasteiger charge is 2.11. The summed E-state index contributed by atoms with van der Waals surface area (Å²) < 4.78 is 5.16. The van der Waals surface area contributed by atoms with Crippen molar-refractivity contribution in [2.45, 2.75) is 19.1 Å². The van der Waals surface area contributed by atoms with Crippen LogP contribution in [0.4, 0.5) is 0 Å². The Bertz CT molecular complexity index is 499. The molecule has 1 aromatic heterocycles. The molecule has 1 unspecified atom stereocenters. The number of hydrogen-bond acceptors (Lipinski definition) is 4. The van der Waals surface area contributed by atoms with Gasteiger partial charge in [0.25, 0.3) is 0 Å². The SMILES string of the molecule is COc1cccc(C(O)CN[C@@H](C)c2cccs2)c1. The normalized spacial score (nSPS) is 14.1. The Hall–Kier alpha value is -1.36. The van der Waals surface area contributed by atoms with E-state index in [9.17, 15) is 5.11 Å². The maximum absolute atomic E-state index is 10.2. The van der Waals surface area contributed by atoms with E-state index >= 15 is 0 Å². The number of thiophene rings is 1. The van der Waals surface area contributed by atoms with Crippen molar-refractivity contribution in [3.8, 4) is 5.75 Å². The van der Waals surface area contributed by atoms with E-state index in [-0.39, 0.29) is 6.04 Å². The maximum atomic E-state index is 10.2. The van der Waals surface area contributed by atoms with E-state index in [1.807, 2.05) is 30.3 Å². The quantitative estimate of drug-likeness (QED) is 0.852. The zero-order valence-corrected chi connectivity index (χ0v) is 12.0. The maximum Gasteiger partial charge on any atom is 0.119 e. The monoisotopic (exact) mass is 277 g/mol. The Labute approximate surface area is 117 Å². The number of benzene rings is 1. The van der Waals surface area contributed by atoms with Crippen LogP contribution in [0.25, 0.3) is 0 Å². The predicted molar refractivity (Wildman–Crippen MR) is 78.7 cm³/mol. The number of hydrogen-bond donors (Lipinski definition) is 2. The van der Waals surface area contributed by atoms with E-state index in [1.54, 1.807) is 18.4 Å². The summed E-state index contributed by atoms with van der Waals surface area (Å²) >= 11 is 1.72. The number of nitrogens with one attached hydrogen (secondary N) is 1. The molecule has 2 N–H and O–H groups in total. The van der Waals surface area contributed by atoms with Gasteiger partial charge in [0.05, 0.1) is 13.2 Å². The van der Waals surface area contributed by atoms with Gasteiger partial charge in [-0.1, -0.05) is 18.2 Å². The highest BCUT2D eigenvalue weighted by molar-refractivity contribution is 7.10. The standard InChI is InChI=1S/C15H19NO2S/c1-11(15-7-4-8-19-15)16-10-14(17)12-5-3-6-13(9-12)18-2/h3-9,11,14,16-17H,10H2,1-2H3/t11-,14?/m0/s1. The topological polar surface area (TPSA) is 41.5 Å². The minimum absolute atomic E-state index is 0.250. The lowest BCUT2D eigenvalue weighted by atomic mass is 10.1. The van der Waals surface area contributed by atoms with Crippen LogP contribution in [0.1, 0.15) is 29.5 Å². The fraction of sp³-hybridized carbons (Fsp3) is 0.333. The Morgan fingerprint density at radius 3 is 2.84 bits per heavy atom. The fourth-order valence-electron chi connectivity index (χ4n) is 1.89. The summed E-state index contributed by atoms with van der Waals surface area (Å²) in [6.07, 6.45) is -0.530. The second-order valence-electron chi connectivity index (χ2n) is 4.44. The molecule has 0 fully saturated rings. The molecule has 0 aliphatic heterocycles. The molecule has 0 radical (unpaired) electrons. The molecule has 1 aromatic carbocycles. The van der Waals surface area contributed by atoms with Crippen molar-refractivity contribution >= 4 is 11.3 Å². The number of methoxy groups -OCH3 is 1. The van der Waals surface area contributed by atoms with E-state index in [2.05, 4.69) is 23.7 Å². The van der Waals surface area contributed by atoms with Crippen LogP contribution >= 0.6 is 11.3 Å². The van der Waals surface area contributed by atoms with Crippen LogP contribution in [-0.2, 0) is 0 Å². The molecular formula is C15H19NO2S. The van der Waals surface area contributed by atoms with E-state index < -0.39 is 6.10 Å².